The van der Waals surface area contributed by atoms with Crippen molar-refractivity contribution in [3.05, 3.63) is 64.2 Å². The highest BCUT2D eigenvalue weighted by Gasteiger charge is 2.28. The van der Waals surface area contributed by atoms with Crippen molar-refractivity contribution in [2.75, 3.05) is 22.9 Å². The molecule has 25 heavy (non-hydrogen) atoms. The number of hydrogen-bond acceptors (Lipinski definition) is 3. The molecule has 0 aromatic heterocycles. The highest BCUT2D eigenvalue weighted by Crippen LogP contribution is 2.27. The van der Waals surface area contributed by atoms with Gasteiger partial charge in [0.1, 0.15) is 0 Å². The van der Waals surface area contributed by atoms with Crippen molar-refractivity contribution in [1.82, 2.24) is 0 Å². The number of hydrogen-bond donors (Lipinski definition) is 0. The standard InChI is InChI=1S/C19H21N3O3/c1-2-5-15-8-10-16(11-9-15)20-12-4-13-21(19(20)23)17-6-3-7-18(14-17)22(24)25/h3,6-11,14H,2,4-5,12-13H2,1H3. The second kappa shape index (κ2) is 7.34. The van der Waals surface area contributed by atoms with Crippen LogP contribution in [0.3, 0.4) is 0 Å². The molecule has 1 aliphatic heterocycles. The molecule has 0 bridgehead atoms. The number of benzene rings is 2. The van der Waals surface area contributed by atoms with E-state index in [1.807, 2.05) is 12.1 Å². The molecule has 0 atom stereocenters. The summed E-state index contributed by atoms with van der Waals surface area (Å²) in [7, 11) is 0. The molecule has 130 valence electrons. The van der Waals surface area contributed by atoms with Crippen molar-refractivity contribution in [2.24, 2.45) is 0 Å². The van der Waals surface area contributed by atoms with E-state index in [0.29, 0.717) is 18.8 Å². The zero-order valence-corrected chi connectivity index (χ0v) is 14.2. The van der Waals surface area contributed by atoms with E-state index < -0.39 is 4.92 Å². The summed E-state index contributed by atoms with van der Waals surface area (Å²) >= 11 is 0. The molecule has 0 aliphatic carbocycles. The molecule has 0 saturated carbocycles. The van der Waals surface area contributed by atoms with Gasteiger partial charge in [-0.25, -0.2) is 4.79 Å². The summed E-state index contributed by atoms with van der Waals surface area (Å²) in [6, 6.07) is 14.1. The molecule has 3 rings (SSSR count). The third-order valence-corrected chi connectivity index (χ3v) is 4.36. The Balaban J connectivity index is 1.83. The summed E-state index contributed by atoms with van der Waals surface area (Å²) in [6.45, 7) is 3.35. The summed E-state index contributed by atoms with van der Waals surface area (Å²) in [6.07, 6.45) is 2.92. The Hall–Kier alpha value is -2.89. The van der Waals surface area contributed by atoms with Crippen molar-refractivity contribution in [3.8, 4) is 0 Å². The molecule has 1 saturated heterocycles. The molecule has 2 amide bonds. The lowest BCUT2D eigenvalue weighted by Crippen LogP contribution is -2.49. The number of rotatable bonds is 5. The van der Waals surface area contributed by atoms with Crippen molar-refractivity contribution in [2.45, 2.75) is 26.2 Å². The summed E-state index contributed by atoms with van der Waals surface area (Å²) in [5.74, 6) is 0. The third kappa shape index (κ3) is 3.63. The third-order valence-electron chi connectivity index (χ3n) is 4.36. The molecule has 6 heteroatoms. The topological polar surface area (TPSA) is 66.7 Å². The highest BCUT2D eigenvalue weighted by atomic mass is 16.6. The van der Waals surface area contributed by atoms with Crippen LogP contribution in [0.25, 0.3) is 0 Å². The maximum absolute atomic E-state index is 12.9. The Kier molecular flexibility index (Phi) is 4.97. The number of urea groups is 1. The summed E-state index contributed by atoms with van der Waals surface area (Å²) < 4.78 is 0. The zero-order chi connectivity index (χ0) is 17.8. The van der Waals surface area contributed by atoms with Gasteiger partial charge in [0.2, 0.25) is 0 Å². The Morgan fingerprint density at radius 2 is 1.72 bits per heavy atom. The molecule has 2 aromatic rings. The number of non-ortho nitro benzene ring substituents is 1. The largest absolute Gasteiger partial charge is 0.328 e. The molecule has 2 aromatic carbocycles. The van der Waals surface area contributed by atoms with Crippen molar-refractivity contribution in [3.63, 3.8) is 0 Å². The van der Waals surface area contributed by atoms with Gasteiger partial charge in [-0.3, -0.25) is 19.9 Å². The van der Waals surface area contributed by atoms with Crippen LogP contribution in [0.15, 0.2) is 48.5 Å². The van der Waals surface area contributed by atoms with Crippen molar-refractivity contribution in [1.29, 1.82) is 0 Å². The minimum absolute atomic E-state index is 0.00802. The first-order valence-corrected chi connectivity index (χ1v) is 8.52. The number of aryl methyl sites for hydroxylation is 1. The van der Waals surface area contributed by atoms with E-state index in [-0.39, 0.29) is 11.7 Å². The molecular weight excluding hydrogens is 318 g/mol. The molecule has 1 aliphatic rings. The lowest BCUT2D eigenvalue weighted by molar-refractivity contribution is -0.384. The van der Waals surface area contributed by atoms with E-state index in [0.717, 1.165) is 24.9 Å². The number of nitro groups is 1. The van der Waals surface area contributed by atoms with Gasteiger partial charge >= 0.3 is 6.03 Å². The van der Waals surface area contributed by atoms with Crippen LogP contribution in [0.5, 0.6) is 0 Å². The zero-order valence-electron chi connectivity index (χ0n) is 14.2. The van der Waals surface area contributed by atoms with E-state index in [9.17, 15) is 14.9 Å². The molecule has 0 unspecified atom stereocenters. The average Bonchev–Trinajstić information content (AvgIpc) is 2.63. The lowest BCUT2D eigenvalue weighted by atomic mass is 10.1. The van der Waals surface area contributed by atoms with E-state index in [1.165, 1.54) is 17.7 Å². The molecule has 0 N–H and O–H groups in total. The van der Waals surface area contributed by atoms with Gasteiger partial charge in [0, 0.05) is 30.9 Å². The first-order valence-electron chi connectivity index (χ1n) is 8.52. The smallest absolute Gasteiger partial charge is 0.294 e. The predicted octanol–water partition coefficient (Wildman–Crippen LogP) is 4.38. The average molecular weight is 339 g/mol. The van der Waals surface area contributed by atoms with Crippen LogP contribution >= 0.6 is 0 Å². The molecular formula is C19H21N3O3. The maximum Gasteiger partial charge on any atom is 0.328 e. The van der Waals surface area contributed by atoms with Crippen LogP contribution in [-0.4, -0.2) is 24.0 Å². The van der Waals surface area contributed by atoms with Crippen LogP contribution in [0, 0.1) is 10.1 Å². The Morgan fingerprint density at radius 3 is 2.36 bits per heavy atom. The van der Waals surface area contributed by atoms with Crippen molar-refractivity contribution >= 4 is 23.1 Å². The minimum atomic E-state index is -0.442. The fraction of sp³-hybridized carbons (Fsp3) is 0.316. The molecule has 6 nitrogen and oxygen atoms in total. The predicted molar refractivity (Wildman–Crippen MR) is 98.2 cm³/mol. The Morgan fingerprint density at radius 1 is 1.04 bits per heavy atom. The molecule has 0 spiro atoms. The van der Waals surface area contributed by atoms with Gasteiger partial charge in [-0.05, 0) is 36.6 Å². The van der Waals surface area contributed by atoms with E-state index in [1.54, 1.807) is 21.9 Å². The number of carbonyl (C=O) groups is 1. The van der Waals surface area contributed by atoms with E-state index in [4.69, 9.17) is 0 Å². The van der Waals surface area contributed by atoms with Crippen LogP contribution in [0.1, 0.15) is 25.3 Å². The first kappa shape index (κ1) is 17.0. The second-order valence-corrected chi connectivity index (χ2v) is 6.13. The minimum Gasteiger partial charge on any atom is -0.294 e. The number of anilines is 2. The van der Waals surface area contributed by atoms with Crippen LogP contribution in [0.2, 0.25) is 0 Å². The second-order valence-electron chi connectivity index (χ2n) is 6.13. The number of nitrogens with zero attached hydrogens (tertiary/aromatic N) is 3. The Labute approximate surface area is 146 Å². The van der Waals surface area contributed by atoms with Gasteiger partial charge in [0.15, 0.2) is 0 Å². The fourth-order valence-corrected chi connectivity index (χ4v) is 3.11. The van der Waals surface area contributed by atoms with E-state index >= 15 is 0 Å². The first-order chi connectivity index (χ1) is 12.1. The van der Waals surface area contributed by atoms with Crippen LogP contribution < -0.4 is 9.80 Å². The maximum atomic E-state index is 12.9. The molecule has 0 radical (unpaired) electrons. The van der Waals surface area contributed by atoms with Gasteiger partial charge in [-0.1, -0.05) is 31.5 Å². The highest BCUT2D eigenvalue weighted by molar-refractivity contribution is 6.04. The van der Waals surface area contributed by atoms with E-state index in [2.05, 4.69) is 19.1 Å². The van der Waals surface area contributed by atoms with Gasteiger partial charge < -0.3 is 0 Å². The van der Waals surface area contributed by atoms with Crippen molar-refractivity contribution < 1.29 is 9.72 Å². The number of nitro benzene ring substituents is 1. The van der Waals surface area contributed by atoms with Gasteiger partial charge in [0.25, 0.3) is 5.69 Å². The fourth-order valence-electron chi connectivity index (χ4n) is 3.11. The SMILES string of the molecule is CCCc1ccc(N2CCCN(c3cccc([N+](=O)[O-])c3)C2=O)cc1. The van der Waals surface area contributed by atoms with Crippen LogP contribution in [-0.2, 0) is 6.42 Å². The molecule has 1 heterocycles. The van der Waals surface area contributed by atoms with Gasteiger partial charge in [-0.2, -0.15) is 0 Å². The van der Waals surface area contributed by atoms with Gasteiger partial charge in [-0.15, -0.1) is 0 Å². The Bertz CT molecular complexity index is 774. The van der Waals surface area contributed by atoms with Gasteiger partial charge in [0.05, 0.1) is 10.6 Å². The van der Waals surface area contributed by atoms with Crippen LogP contribution in [0.4, 0.5) is 21.9 Å². The summed E-state index contributed by atoms with van der Waals surface area (Å²) in [5, 5.41) is 11.0. The monoisotopic (exact) mass is 339 g/mol. The number of amides is 2. The normalized spacial score (nSPS) is 14.7. The quantitative estimate of drug-likeness (QED) is 0.599. The summed E-state index contributed by atoms with van der Waals surface area (Å²) in [4.78, 5) is 26.8. The molecule has 1 fully saturated rings. The number of carbonyl (C=O) groups excluding carboxylic acids is 1. The lowest BCUT2D eigenvalue weighted by Gasteiger charge is -2.35. The summed E-state index contributed by atoms with van der Waals surface area (Å²) in [5.41, 5.74) is 2.67.